The van der Waals surface area contributed by atoms with E-state index in [0.29, 0.717) is 5.82 Å². The number of nitrogens with zero attached hydrogens (tertiary/aromatic N) is 1. The standard InChI is InChI=1S/C12H13N3S/c13-12-10(7-14-15-12)8-3-1-5-11-9(8)4-2-6-16-11/h1,3,5,7H,2,4,6H2,(H3,13,14,15). The molecule has 1 aromatic heterocycles. The van der Waals surface area contributed by atoms with Crippen molar-refractivity contribution in [2.24, 2.45) is 0 Å². The van der Waals surface area contributed by atoms with Gasteiger partial charge in [0.15, 0.2) is 0 Å². The molecule has 3 rings (SSSR count). The number of rotatable bonds is 1. The van der Waals surface area contributed by atoms with Crippen molar-refractivity contribution in [2.45, 2.75) is 17.7 Å². The van der Waals surface area contributed by atoms with Crippen molar-refractivity contribution in [3.8, 4) is 11.1 Å². The molecule has 0 saturated heterocycles. The summed E-state index contributed by atoms with van der Waals surface area (Å²) in [6.07, 6.45) is 4.19. The zero-order chi connectivity index (χ0) is 11.0. The fourth-order valence-electron chi connectivity index (χ4n) is 2.15. The number of nitrogens with two attached hydrogens (primary N) is 1. The van der Waals surface area contributed by atoms with Gasteiger partial charge in [0, 0.05) is 10.5 Å². The second-order valence-electron chi connectivity index (χ2n) is 3.93. The molecule has 3 N–H and O–H groups in total. The quantitative estimate of drug-likeness (QED) is 0.793. The molecule has 0 radical (unpaired) electrons. The summed E-state index contributed by atoms with van der Waals surface area (Å²) in [7, 11) is 0. The Bertz CT molecular complexity index is 519. The molecule has 2 heterocycles. The van der Waals surface area contributed by atoms with Gasteiger partial charge in [-0.2, -0.15) is 5.10 Å². The zero-order valence-corrected chi connectivity index (χ0v) is 9.68. The minimum Gasteiger partial charge on any atom is -0.384 e. The molecule has 0 fully saturated rings. The number of benzene rings is 1. The average molecular weight is 231 g/mol. The van der Waals surface area contributed by atoms with E-state index in [4.69, 9.17) is 5.73 Å². The highest BCUT2D eigenvalue weighted by Crippen LogP contribution is 2.37. The third kappa shape index (κ3) is 1.50. The van der Waals surface area contributed by atoms with Crippen LogP contribution in [0.1, 0.15) is 12.0 Å². The fourth-order valence-corrected chi connectivity index (χ4v) is 3.22. The number of thioether (sulfide) groups is 1. The van der Waals surface area contributed by atoms with Gasteiger partial charge in [-0.1, -0.05) is 12.1 Å². The van der Waals surface area contributed by atoms with E-state index < -0.39 is 0 Å². The Morgan fingerprint density at radius 3 is 3.06 bits per heavy atom. The van der Waals surface area contributed by atoms with Gasteiger partial charge >= 0.3 is 0 Å². The summed E-state index contributed by atoms with van der Waals surface area (Å²) in [6, 6.07) is 6.42. The lowest BCUT2D eigenvalue weighted by Crippen LogP contribution is -2.01. The second kappa shape index (κ2) is 3.87. The van der Waals surface area contributed by atoms with Gasteiger partial charge in [-0.15, -0.1) is 11.8 Å². The largest absolute Gasteiger partial charge is 0.384 e. The normalized spacial score (nSPS) is 14.8. The molecule has 0 spiro atoms. The van der Waals surface area contributed by atoms with Gasteiger partial charge in [0.05, 0.1) is 6.20 Å². The maximum Gasteiger partial charge on any atom is 0.126 e. The Balaban J connectivity index is 2.18. The Kier molecular flexibility index (Phi) is 2.36. The molecule has 0 aliphatic carbocycles. The molecule has 0 saturated carbocycles. The van der Waals surface area contributed by atoms with Gasteiger partial charge in [0.25, 0.3) is 0 Å². The SMILES string of the molecule is Nc1[nH]ncc1-c1cccc2c1CCCS2. The van der Waals surface area contributed by atoms with Crippen molar-refractivity contribution in [3.63, 3.8) is 0 Å². The van der Waals surface area contributed by atoms with E-state index >= 15 is 0 Å². The lowest BCUT2D eigenvalue weighted by Gasteiger charge is -2.18. The van der Waals surface area contributed by atoms with Crippen molar-refractivity contribution >= 4 is 17.6 Å². The Morgan fingerprint density at radius 2 is 2.25 bits per heavy atom. The number of hydrogen-bond acceptors (Lipinski definition) is 3. The first-order valence-corrected chi connectivity index (χ1v) is 6.39. The smallest absolute Gasteiger partial charge is 0.126 e. The highest BCUT2D eigenvalue weighted by atomic mass is 32.2. The molecule has 1 aromatic carbocycles. The summed E-state index contributed by atoms with van der Waals surface area (Å²) in [5, 5.41) is 6.79. The van der Waals surface area contributed by atoms with Crippen molar-refractivity contribution in [1.82, 2.24) is 10.2 Å². The highest BCUT2D eigenvalue weighted by molar-refractivity contribution is 7.99. The lowest BCUT2D eigenvalue weighted by molar-refractivity contribution is 0.892. The van der Waals surface area contributed by atoms with Crippen LogP contribution < -0.4 is 5.73 Å². The van der Waals surface area contributed by atoms with E-state index in [1.54, 1.807) is 0 Å². The molecule has 0 amide bonds. The molecular weight excluding hydrogens is 218 g/mol. The predicted molar refractivity (Wildman–Crippen MR) is 67.5 cm³/mol. The third-order valence-corrected chi connectivity index (χ3v) is 4.11. The van der Waals surface area contributed by atoms with Gasteiger partial charge in [-0.3, -0.25) is 5.10 Å². The maximum absolute atomic E-state index is 5.88. The maximum atomic E-state index is 5.88. The molecule has 3 nitrogen and oxygen atoms in total. The molecule has 1 aliphatic heterocycles. The molecule has 0 atom stereocenters. The van der Waals surface area contributed by atoms with Crippen LogP contribution in [-0.2, 0) is 6.42 Å². The number of anilines is 1. The summed E-state index contributed by atoms with van der Waals surface area (Å²) >= 11 is 1.93. The van der Waals surface area contributed by atoms with Crippen LogP contribution in [0.4, 0.5) is 5.82 Å². The fraction of sp³-hybridized carbons (Fsp3) is 0.250. The number of nitrogen functional groups attached to an aromatic ring is 1. The van der Waals surface area contributed by atoms with Crippen LogP contribution in [0.5, 0.6) is 0 Å². The first-order valence-electron chi connectivity index (χ1n) is 5.40. The van der Waals surface area contributed by atoms with Crippen LogP contribution in [0.2, 0.25) is 0 Å². The van der Waals surface area contributed by atoms with Gasteiger partial charge in [0.2, 0.25) is 0 Å². The van der Waals surface area contributed by atoms with Crippen molar-refractivity contribution in [3.05, 3.63) is 30.0 Å². The minimum atomic E-state index is 0.656. The van der Waals surface area contributed by atoms with Gasteiger partial charge in [0.1, 0.15) is 5.82 Å². The molecule has 82 valence electrons. The first kappa shape index (κ1) is 9.78. The van der Waals surface area contributed by atoms with Crippen LogP contribution in [0.15, 0.2) is 29.3 Å². The topological polar surface area (TPSA) is 54.7 Å². The van der Waals surface area contributed by atoms with Crippen molar-refractivity contribution in [1.29, 1.82) is 0 Å². The lowest BCUT2D eigenvalue weighted by atomic mass is 9.98. The molecule has 1 aliphatic rings. The molecule has 2 aromatic rings. The minimum absolute atomic E-state index is 0.656. The van der Waals surface area contributed by atoms with Crippen molar-refractivity contribution in [2.75, 3.05) is 11.5 Å². The van der Waals surface area contributed by atoms with E-state index in [2.05, 4.69) is 28.4 Å². The summed E-state index contributed by atoms with van der Waals surface area (Å²) in [6.45, 7) is 0. The molecule has 16 heavy (non-hydrogen) atoms. The van der Waals surface area contributed by atoms with Crippen LogP contribution >= 0.6 is 11.8 Å². The number of hydrogen-bond donors (Lipinski definition) is 2. The van der Waals surface area contributed by atoms with E-state index in [1.165, 1.54) is 28.2 Å². The first-order chi connectivity index (χ1) is 7.86. The Hall–Kier alpha value is -1.42. The summed E-state index contributed by atoms with van der Waals surface area (Å²) in [4.78, 5) is 1.39. The monoisotopic (exact) mass is 231 g/mol. The number of nitrogens with one attached hydrogen (secondary N) is 1. The molecule has 0 unspecified atom stereocenters. The predicted octanol–water partition coefficient (Wildman–Crippen LogP) is 2.70. The summed E-state index contributed by atoms with van der Waals surface area (Å²) in [5.74, 6) is 1.88. The van der Waals surface area contributed by atoms with E-state index in [1.807, 2.05) is 18.0 Å². The van der Waals surface area contributed by atoms with Crippen LogP contribution in [-0.4, -0.2) is 16.0 Å². The third-order valence-electron chi connectivity index (χ3n) is 2.92. The molecule has 0 bridgehead atoms. The number of fused-ring (bicyclic) bond motifs is 1. The van der Waals surface area contributed by atoms with E-state index in [0.717, 1.165) is 12.0 Å². The molecule has 4 heteroatoms. The van der Waals surface area contributed by atoms with Crippen molar-refractivity contribution < 1.29 is 0 Å². The number of aromatic nitrogens is 2. The summed E-state index contributed by atoms with van der Waals surface area (Å²) < 4.78 is 0. The van der Waals surface area contributed by atoms with Crippen LogP contribution in [0, 0.1) is 0 Å². The highest BCUT2D eigenvalue weighted by Gasteiger charge is 2.16. The second-order valence-corrected chi connectivity index (χ2v) is 5.07. The number of aromatic amines is 1. The Labute approximate surface area is 98.4 Å². The van der Waals surface area contributed by atoms with Crippen LogP contribution in [0.3, 0.4) is 0 Å². The van der Waals surface area contributed by atoms with E-state index in [-0.39, 0.29) is 0 Å². The van der Waals surface area contributed by atoms with E-state index in [9.17, 15) is 0 Å². The average Bonchev–Trinajstić information content (AvgIpc) is 2.75. The van der Waals surface area contributed by atoms with Gasteiger partial charge < -0.3 is 5.73 Å². The molecular formula is C12H13N3S. The zero-order valence-electron chi connectivity index (χ0n) is 8.86. The van der Waals surface area contributed by atoms with Gasteiger partial charge in [-0.25, -0.2) is 0 Å². The number of H-pyrrole nitrogens is 1. The summed E-state index contributed by atoms with van der Waals surface area (Å²) in [5.41, 5.74) is 9.56. The Morgan fingerprint density at radius 1 is 1.31 bits per heavy atom. The van der Waals surface area contributed by atoms with Gasteiger partial charge in [-0.05, 0) is 35.8 Å². The van der Waals surface area contributed by atoms with Crippen LogP contribution in [0.25, 0.3) is 11.1 Å².